The Kier molecular flexibility index (Phi) is 6.89. The Hall–Kier alpha value is -1.06. The van der Waals surface area contributed by atoms with Crippen LogP contribution in [0.2, 0.25) is 0 Å². The molecule has 1 aromatic carbocycles. The van der Waals surface area contributed by atoms with E-state index < -0.39 is 0 Å². The second-order valence-corrected chi connectivity index (χ2v) is 6.72. The number of halogens is 1. The van der Waals surface area contributed by atoms with Gasteiger partial charge in [-0.3, -0.25) is 4.79 Å². The summed E-state index contributed by atoms with van der Waals surface area (Å²) in [6, 6.07) is 10.4. The number of carbonyl (C=O) groups is 1. The SMILES string of the molecule is CC(C)C(N)CCN(C)C(=O)C1(c2ccccc2)CCC1.Cl. The fourth-order valence-corrected chi connectivity index (χ4v) is 3.06. The number of nitrogens with zero attached hydrogens (tertiary/aromatic N) is 1. The quantitative estimate of drug-likeness (QED) is 0.872. The van der Waals surface area contributed by atoms with E-state index in [1.165, 1.54) is 5.56 Å². The molecule has 0 radical (unpaired) electrons. The van der Waals surface area contributed by atoms with Gasteiger partial charge in [-0.05, 0) is 30.7 Å². The molecule has 0 bridgehead atoms. The van der Waals surface area contributed by atoms with Crippen molar-refractivity contribution in [2.75, 3.05) is 13.6 Å². The third-order valence-corrected chi connectivity index (χ3v) is 4.94. The monoisotopic (exact) mass is 324 g/mol. The van der Waals surface area contributed by atoms with Crippen LogP contribution < -0.4 is 5.73 Å². The summed E-state index contributed by atoms with van der Waals surface area (Å²) in [5, 5.41) is 0. The average molecular weight is 325 g/mol. The van der Waals surface area contributed by atoms with E-state index in [9.17, 15) is 4.79 Å². The highest BCUT2D eigenvalue weighted by Gasteiger charge is 2.46. The van der Waals surface area contributed by atoms with Gasteiger partial charge in [0.25, 0.3) is 0 Å². The number of likely N-dealkylation sites (N-methyl/N-ethyl adjacent to an activating group) is 1. The van der Waals surface area contributed by atoms with Crippen molar-refractivity contribution in [2.45, 2.75) is 51.0 Å². The van der Waals surface area contributed by atoms with Gasteiger partial charge < -0.3 is 10.6 Å². The normalized spacial score (nSPS) is 17.3. The Labute approximate surface area is 140 Å². The Morgan fingerprint density at radius 1 is 1.27 bits per heavy atom. The first kappa shape index (κ1) is 19.0. The fraction of sp³-hybridized carbons (Fsp3) is 0.611. The standard InChI is InChI=1S/C18H28N2O.ClH/c1-14(2)16(19)10-13-20(3)17(21)18(11-7-12-18)15-8-5-4-6-9-15;/h4-6,8-9,14,16H,7,10-13,19H2,1-3H3;1H. The van der Waals surface area contributed by atoms with Gasteiger partial charge in [-0.15, -0.1) is 12.4 Å². The van der Waals surface area contributed by atoms with Crippen molar-refractivity contribution in [3.8, 4) is 0 Å². The van der Waals surface area contributed by atoms with Crippen molar-refractivity contribution in [3.05, 3.63) is 35.9 Å². The van der Waals surface area contributed by atoms with Gasteiger partial charge >= 0.3 is 0 Å². The van der Waals surface area contributed by atoms with Crippen molar-refractivity contribution in [3.63, 3.8) is 0 Å². The minimum Gasteiger partial charge on any atom is -0.345 e. The molecule has 0 aliphatic heterocycles. The summed E-state index contributed by atoms with van der Waals surface area (Å²) in [6.45, 7) is 5.00. The van der Waals surface area contributed by atoms with Gasteiger partial charge in [-0.1, -0.05) is 50.6 Å². The van der Waals surface area contributed by atoms with Crippen LogP contribution in [0.4, 0.5) is 0 Å². The molecule has 1 unspecified atom stereocenters. The molecule has 2 N–H and O–H groups in total. The Morgan fingerprint density at radius 3 is 2.32 bits per heavy atom. The number of nitrogens with two attached hydrogens (primary N) is 1. The summed E-state index contributed by atoms with van der Waals surface area (Å²) >= 11 is 0. The molecule has 0 aromatic heterocycles. The first-order valence-corrected chi connectivity index (χ1v) is 8.04. The van der Waals surface area contributed by atoms with E-state index in [0.29, 0.717) is 5.92 Å². The van der Waals surface area contributed by atoms with E-state index in [4.69, 9.17) is 5.73 Å². The predicted octanol–water partition coefficient (Wildman–Crippen LogP) is 3.36. The Balaban J connectivity index is 0.00000242. The van der Waals surface area contributed by atoms with Crippen molar-refractivity contribution < 1.29 is 4.79 Å². The summed E-state index contributed by atoms with van der Waals surface area (Å²) in [5.41, 5.74) is 6.98. The maximum Gasteiger partial charge on any atom is 0.232 e. The second kappa shape index (κ2) is 7.98. The van der Waals surface area contributed by atoms with E-state index in [2.05, 4.69) is 26.0 Å². The van der Waals surface area contributed by atoms with Crippen LogP contribution in [0.25, 0.3) is 0 Å². The molecule has 0 spiro atoms. The minimum absolute atomic E-state index is 0. The zero-order chi connectivity index (χ0) is 15.5. The van der Waals surface area contributed by atoms with Crippen LogP contribution in [-0.4, -0.2) is 30.4 Å². The van der Waals surface area contributed by atoms with E-state index >= 15 is 0 Å². The topological polar surface area (TPSA) is 46.3 Å². The fourth-order valence-electron chi connectivity index (χ4n) is 3.06. The molecule has 0 saturated heterocycles. The molecule has 1 amide bonds. The highest BCUT2D eigenvalue weighted by atomic mass is 35.5. The largest absolute Gasteiger partial charge is 0.345 e. The van der Waals surface area contributed by atoms with Gasteiger partial charge in [0.05, 0.1) is 5.41 Å². The summed E-state index contributed by atoms with van der Waals surface area (Å²) in [5.74, 6) is 0.719. The van der Waals surface area contributed by atoms with Gasteiger partial charge in [0.1, 0.15) is 0 Å². The first-order chi connectivity index (χ1) is 9.97. The number of carbonyl (C=O) groups excluding carboxylic acids is 1. The van der Waals surface area contributed by atoms with Gasteiger partial charge in [0, 0.05) is 19.6 Å². The molecule has 0 heterocycles. The summed E-state index contributed by atoms with van der Waals surface area (Å²) in [6.07, 6.45) is 3.94. The molecular formula is C18H29ClN2O. The number of rotatable bonds is 6. The molecule has 1 saturated carbocycles. The van der Waals surface area contributed by atoms with E-state index in [1.54, 1.807) is 0 Å². The zero-order valence-electron chi connectivity index (χ0n) is 13.9. The number of hydrogen-bond donors (Lipinski definition) is 1. The smallest absolute Gasteiger partial charge is 0.232 e. The average Bonchev–Trinajstić information content (AvgIpc) is 2.44. The number of hydrogen-bond acceptors (Lipinski definition) is 2. The number of benzene rings is 1. The van der Waals surface area contributed by atoms with Gasteiger partial charge in [0.15, 0.2) is 0 Å². The van der Waals surface area contributed by atoms with Crippen molar-refractivity contribution in [1.29, 1.82) is 0 Å². The zero-order valence-corrected chi connectivity index (χ0v) is 14.7. The van der Waals surface area contributed by atoms with Gasteiger partial charge in [-0.25, -0.2) is 0 Å². The molecule has 1 aliphatic carbocycles. The minimum atomic E-state index is -0.280. The van der Waals surface area contributed by atoms with E-state index in [0.717, 1.165) is 32.2 Å². The Bertz CT molecular complexity index is 471. The second-order valence-electron chi connectivity index (χ2n) is 6.72. The molecule has 2 rings (SSSR count). The van der Waals surface area contributed by atoms with Crippen molar-refractivity contribution in [1.82, 2.24) is 4.90 Å². The predicted molar refractivity (Wildman–Crippen MR) is 94.3 cm³/mol. The van der Waals surface area contributed by atoms with E-state index in [-0.39, 0.29) is 29.8 Å². The third-order valence-electron chi connectivity index (χ3n) is 4.94. The van der Waals surface area contributed by atoms with Crippen LogP contribution >= 0.6 is 12.4 Å². The molecule has 1 atom stereocenters. The maximum atomic E-state index is 12.9. The summed E-state index contributed by atoms with van der Waals surface area (Å²) in [7, 11) is 1.92. The molecule has 22 heavy (non-hydrogen) atoms. The molecule has 1 aromatic rings. The van der Waals surface area contributed by atoms with Crippen LogP contribution in [0.5, 0.6) is 0 Å². The van der Waals surface area contributed by atoms with Crippen molar-refractivity contribution >= 4 is 18.3 Å². The van der Waals surface area contributed by atoms with Crippen LogP contribution in [-0.2, 0) is 10.2 Å². The lowest BCUT2D eigenvalue weighted by atomic mass is 9.63. The first-order valence-electron chi connectivity index (χ1n) is 8.04. The maximum absolute atomic E-state index is 12.9. The lowest BCUT2D eigenvalue weighted by molar-refractivity contribution is -0.139. The molecule has 1 aliphatic rings. The summed E-state index contributed by atoms with van der Waals surface area (Å²) < 4.78 is 0. The van der Waals surface area contributed by atoms with E-state index in [1.807, 2.05) is 30.1 Å². The molecular weight excluding hydrogens is 296 g/mol. The highest BCUT2D eigenvalue weighted by molar-refractivity contribution is 5.89. The van der Waals surface area contributed by atoms with Gasteiger partial charge in [0.2, 0.25) is 5.91 Å². The van der Waals surface area contributed by atoms with Crippen molar-refractivity contribution in [2.24, 2.45) is 11.7 Å². The van der Waals surface area contributed by atoms with Crippen LogP contribution in [0.1, 0.15) is 45.1 Å². The Morgan fingerprint density at radius 2 is 1.86 bits per heavy atom. The third kappa shape index (κ3) is 3.82. The van der Waals surface area contributed by atoms with Crippen LogP contribution in [0, 0.1) is 5.92 Å². The molecule has 3 nitrogen and oxygen atoms in total. The molecule has 4 heteroatoms. The summed E-state index contributed by atoms with van der Waals surface area (Å²) in [4.78, 5) is 14.8. The highest BCUT2D eigenvalue weighted by Crippen LogP contribution is 2.45. The lowest BCUT2D eigenvalue weighted by Gasteiger charge is -2.43. The molecule has 1 fully saturated rings. The molecule has 124 valence electrons. The lowest BCUT2D eigenvalue weighted by Crippen LogP contribution is -2.50. The number of amides is 1. The van der Waals surface area contributed by atoms with Crippen LogP contribution in [0.3, 0.4) is 0 Å². The van der Waals surface area contributed by atoms with Gasteiger partial charge in [-0.2, -0.15) is 0 Å². The van der Waals surface area contributed by atoms with Crippen LogP contribution in [0.15, 0.2) is 30.3 Å².